The average Bonchev–Trinajstić information content (AvgIpc) is 3.09. The van der Waals surface area contributed by atoms with E-state index in [9.17, 15) is 44.4 Å². The Hall–Kier alpha value is -3.95. The molecular weight excluding hydrogens is 690 g/mol. The van der Waals surface area contributed by atoms with Gasteiger partial charge in [0.25, 0.3) is 0 Å². The molecule has 11 atom stereocenters. The number of esters is 3. The largest absolute Gasteiger partial charge is 0.459 e. The van der Waals surface area contributed by atoms with Gasteiger partial charge in [-0.15, -0.1) is 0 Å². The van der Waals surface area contributed by atoms with Crippen LogP contribution in [0.3, 0.4) is 0 Å². The lowest BCUT2D eigenvalue weighted by Crippen LogP contribution is -2.81. The van der Waals surface area contributed by atoms with Crippen LogP contribution < -0.4 is 5.32 Å². The van der Waals surface area contributed by atoms with Crippen LogP contribution in [0.4, 0.5) is 0 Å². The summed E-state index contributed by atoms with van der Waals surface area (Å²) in [7, 11) is 0. The maximum absolute atomic E-state index is 14.8. The monoisotopic (exact) mass is 739 g/mol. The molecule has 1 saturated heterocycles. The molecule has 14 nitrogen and oxygen atoms in total. The summed E-state index contributed by atoms with van der Waals surface area (Å²) in [5, 5.41) is 51.3. The van der Waals surface area contributed by atoms with Crippen molar-refractivity contribution >= 4 is 29.6 Å². The summed E-state index contributed by atoms with van der Waals surface area (Å²) in [6.45, 7) is 7.00. The predicted molar refractivity (Wildman–Crippen MR) is 184 cm³/mol. The van der Waals surface area contributed by atoms with Gasteiger partial charge < -0.3 is 44.7 Å². The van der Waals surface area contributed by atoms with Crippen molar-refractivity contribution in [2.24, 2.45) is 16.7 Å². The summed E-state index contributed by atoms with van der Waals surface area (Å²) in [5.74, 6) is -5.46. The lowest BCUT2D eigenvalue weighted by molar-refractivity contribution is -0.347. The number of benzene rings is 1. The van der Waals surface area contributed by atoms with Crippen molar-refractivity contribution in [3.63, 3.8) is 0 Å². The minimum Gasteiger partial charge on any atom is -0.459 e. The number of allylic oxidation sites excluding steroid dienone is 2. The first kappa shape index (κ1) is 38.8. The highest BCUT2D eigenvalue weighted by molar-refractivity contribution is 5.93. The second-order valence-corrected chi connectivity index (χ2v) is 15.8. The molecular formula is C39H49NO13. The fourth-order valence-corrected chi connectivity index (χ4v) is 9.46. The quantitative estimate of drug-likeness (QED) is 0.166. The number of fused-ring (bicyclic) bond motifs is 6. The van der Waals surface area contributed by atoms with Crippen LogP contribution in [0.2, 0.25) is 0 Å². The molecule has 14 heteroatoms. The van der Waals surface area contributed by atoms with Gasteiger partial charge in [-0.05, 0) is 43.4 Å². The van der Waals surface area contributed by atoms with Crippen molar-refractivity contribution in [2.75, 3.05) is 6.61 Å². The first-order valence-corrected chi connectivity index (χ1v) is 18.1. The molecule has 2 saturated carbocycles. The summed E-state index contributed by atoms with van der Waals surface area (Å²) in [4.78, 5) is 68.2. The third-order valence-corrected chi connectivity index (χ3v) is 12.4. The van der Waals surface area contributed by atoms with Gasteiger partial charge in [0.05, 0.1) is 30.1 Å². The molecule has 6 rings (SSSR count). The minimum absolute atomic E-state index is 0.0139. The number of amides is 1. The molecule has 5 aliphatic rings. The molecule has 288 valence electrons. The van der Waals surface area contributed by atoms with Crippen molar-refractivity contribution < 1.29 is 63.3 Å². The number of Topliss-reactive ketones (excluding diaryl/α,β-unsaturated/α-hetero) is 1. The summed E-state index contributed by atoms with van der Waals surface area (Å²) in [6.07, 6.45) is -6.32. The highest BCUT2D eigenvalue weighted by atomic mass is 16.6. The topological polar surface area (TPSA) is 215 Å². The molecule has 0 unspecified atom stereocenters. The molecule has 2 heterocycles. The number of ketones is 1. The Morgan fingerprint density at radius 3 is 2.25 bits per heavy atom. The predicted octanol–water partition coefficient (Wildman–Crippen LogP) is 1.67. The highest BCUT2D eigenvalue weighted by Gasteiger charge is 2.78. The van der Waals surface area contributed by atoms with Crippen LogP contribution in [-0.4, -0.2) is 104 Å². The first-order valence-electron chi connectivity index (χ1n) is 18.1. The fourth-order valence-electron chi connectivity index (χ4n) is 9.46. The van der Waals surface area contributed by atoms with E-state index in [0.29, 0.717) is 5.56 Å². The molecule has 3 aliphatic carbocycles. The number of aliphatic hydroxyl groups excluding tert-OH is 3. The molecule has 3 bridgehead atoms. The van der Waals surface area contributed by atoms with Crippen molar-refractivity contribution in [2.45, 2.75) is 127 Å². The summed E-state index contributed by atoms with van der Waals surface area (Å²) >= 11 is 0. The number of hydrogen-bond donors (Lipinski definition) is 5. The molecule has 1 aromatic carbocycles. The molecule has 3 fully saturated rings. The highest BCUT2D eigenvalue weighted by Crippen LogP contribution is 2.64. The maximum Gasteiger partial charge on any atom is 0.338 e. The standard InChI is InChI=1S/C39H49NO13/c1-20-23-18-39(49)34(32-37(5,33(47)30(45)28(20)36(39,3)4)24(42)17-25-38(32,19-50-25)53-21(2)41)52-27(44)16-12-7-6-11-15-26(43)40-29(31(46)35(48)51-23)22-13-9-8-10-14-22/h6-10,13-14,23-25,29-32,34,42,45-46,49H,11-12,15-19H2,1-5H3,(H,40,43)/b7-6-/t23-,24-,25+,29-,30+,31+,32-,34-,37+,38-,39+/m0/s1. The van der Waals surface area contributed by atoms with E-state index in [4.69, 9.17) is 18.9 Å². The van der Waals surface area contributed by atoms with Crippen molar-refractivity contribution in [3.05, 3.63) is 59.2 Å². The third-order valence-electron chi connectivity index (χ3n) is 12.4. The normalized spacial score (nSPS) is 41.1. The lowest BCUT2D eigenvalue weighted by atomic mass is 9.44. The van der Waals surface area contributed by atoms with Gasteiger partial charge in [0, 0.05) is 38.0 Å². The lowest BCUT2D eigenvalue weighted by Gasteiger charge is -2.67. The van der Waals surface area contributed by atoms with Gasteiger partial charge in [0.15, 0.2) is 17.5 Å². The zero-order valence-corrected chi connectivity index (χ0v) is 30.6. The Labute approximate surface area is 307 Å². The number of carbonyl (C=O) groups excluding carboxylic acids is 5. The first-order chi connectivity index (χ1) is 24.9. The molecule has 53 heavy (non-hydrogen) atoms. The third kappa shape index (κ3) is 6.21. The van der Waals surface area contributed by atoms with Crippen molar-refractivity contribution in [3.8, 4) is 0 Å². The van der Waals surface area contributed by atoms with Crippen LogP contribution in [0.1, 0.15) is 84.7 Å². The van der Waals surface area contributed by atoms with Gasteiger partial charge >= 0.3 is 17.9 Å². The molecule has 0 aromatic heterocycles. The average molecular weight is 740 g/mol. The van der Waals surface area contributed by atoms with Crippen LogP contribution in [0, 0.1) is 16.7 Å². The second-order valence-electron chi connectivity index (χ2n) is 15.8. The van der Waals surface area contributed by atoms with Crippen LogP contribution in [0.5, 0.6) is 0 Å². The number of aliphatic hydroxyl groups is 4. The number of ether oxygens (including phenoxy) is 4. The summed E-state index contributed by atoms with van der Waals surface area (Å²) in [5.41, 5.74) is -6.84. The van der Waals surface area contributed by atoms with Gasteiger partial charge in [0.1, 0.15) is 30.0 Å². The van der Waals surface area contributed by atoms with Gasteiger partial charge in [-0.3, -0.25) is 19.2 Å². The van der Waals surface area contributed by atoms with E-state index in [-0.39, 0.29) is 49.9 Å². The molecule has 0 spiro atoms. The van der Waals surface area contributed by atoms with E-state index in [2.05, 4.69) is 5.32 Å². The zero-order chi connectivity index (χ0) is 38.7. The van der Waals surface area contributed by atoms with Gasteiger partial charge in [-0.2, -0.15) is 0 Å². The summed E-state index contributed by atoms with van der Waals surface area (Å²) in [6, 6.07) is 7.16. The molecule has 1 aromatic rings. The Kier molecular flexibility index (Phi) is 10.3. The van der Waals surface area contributed by atoms with E-state index >= 15 is 0 Å². The number of hydrogen-bond acceptors (Lipinski definition) is 13. The van der Waals surface area contributed by atoms with Gasteiger partial charge in [-0.1, -0.05) is 56.3 Å². The van der Waals surface area contributed by atoms with Crippen LogP contribution >= 0.6 is 0 Å². The molecule has 5 N–H and O–H groups in total. The van der Waals surface area contributed by atoms with E-state index in [1.165, 1.54) is 20.8 Å². The second kappa shape index (κ2) is 14.0. The van der Waals surface area contributed by atoms with Crippen LogP contribution in [-0.2, 0) is 42.9 Å². The Bertz CT molecular complexity index is 1720. The van der Waals surface area contributed by atoms with Gasteiger partial charge in [-0.25, -0.2) is 4.79 Å². The molecule has 2 aliphatic heterocycles. The van der Waals surface area contributed by atoms with Crippen LogP contribution in [0.25, 0.3) is 0 Å². The van der Waals surface area contributed by atoms with Gasteiger partial charge in [0.2, 0.25) is 5.91 Å². The van der Waals surface area contributed by atoms with E-state index in [1.807, 2.05) is 0 Å². The van der Waals surface area contributed by atoms with Crippen LogP contribution in [0.15, 0.2) is 53.6 Å². The number of rotatable bonds is 2. The zero-order valence-electron chi connectivity index (χ0n) is 30.6. The summed E-state index contributed by atoms with van der Waals surface area (Å²) < 4.78 is 24.0. The van der Waals surface area contributed by atoms with Crippen molar-refractivity contribution in [1.29, 1.82) is 0 Å². The number of carbonyl (C=O) groups is 5. The Balaban J connectivity index is 1.55. The van der Waals surface area contributed by atoms with E-state index in [0.717, 1.165) is 0 Å². The molecule has 0 radical (unpaired) electrons. The fraction of sp³-hybridized carbons (Fsp3) is 0.615. The Morgan fingerprint density at radius 1 is 0.962 bits per heavy atom. The SMILES string of the molecule is CC(=O)O[C@@]12CO[C@@H]1C[C@H](O)[C@@]1(C)C(=O)[C@H](O)C3=C(C)[C@@H]4C[C@@](O)([C@@H](OC(=O)CC/C=C\CCC(=O)N[C@@H](c5ccccc5)[C@@H](O)C(=O)O4)[C@H]21)C3(C)C. The smallest absolute Gasteiger partial charge is 0.338 e. The van der Waals surface area contributed by atoms with E-state index in [1.54, 1.807) is 56.3 Å². The maximum atomic E-state index is 14.8. The van der Waals surface area contributed by atoms with Crippen molar-refractivity contribution in [1.82, 2.24) is 5.32 Å². The Morgan fingerprint density at radius 2 is 1.62 bits per heavy atom. The minimum atomic E-state index is -2.26. The molecule has 1 amide bonds. The number of nitrogens with one attached hydrogen (secondary N) is 1. The van der Waals surface area contributed by atoms with E-state index < -0.39 is 107 Å².